The molecule has 2 fully saturated rings. The van der Waals surface area contributed by atoms with Crippen LogP contribution in [0.1, 0.15) is 18.9 Å². The molecule has 4 rings (SSSR count). The summed E-state index contributed by atoms with van der Waals surface area (Å²) in [5.74, 6) is 1.50. The molecule has 31 heavy (non-hydrogen) atoms. The van der Waals surface area contributed by atoms with E-state index in [1.807, 2.05) is 55.5 Å². The first-order valence-electron chi connectivity index (χ1n) is 10.2. The summed E-state index contributed by atoms with van der Waals surface area (Å²) in [4.78, 5) is 18.5. The molecule has 1 aliphatic heterocycles. The number of likely N-dealkylation sites (tertiary alicyclic amines) is 1. The van der Waals surface area contributed by atoms with Gasteiger partial charge in [0.2, 0.25) is 0 Å². The second-order valence-corrected chi connectivity index (χ2v) is 7.88. The third-order valence-corrected chi connectivity index (χ3v) is 5.78. The zero-order valence-electron chi connectivity index (χ0n) is 17.4. The van der Waals surface area contributed by atoms with Gasteiger partial charge in [0.15, 0.2) is 11.9 Å². The molecule has 1 aliphatic carbocycles. The lowest BCUT2D eigenvalue weighted by Gasteiger charge is -2.17. The van der Waals surface area contributed by atoms with Crippen LogP contribution in [-0.2, 0) is 4.79 Å². The molecule has 1 saturated heterocycles. The molecule has 1 aromatic carbocycles. The summed E-state index contributed by atoms with van der Waals surface area (Å²) in [5, 5.41) is 12.2. The first-order valence-corrected chi connectivity index (χ1v) is 10.2. The van der Waals surface area contributed by atoms with Crippen molar-refractivity contribution < 1.29 is 9.53 Å². The van der Waals surface area contributed by atoms with Gasteiger partial charge in [-0.3, -0.25) is 9.78 Å². The Kier molecular flexibility index (Phi) is 5.59. The van der Waals surface area contributed by atoms with Crippen molar-refractivity contribution in [3.05, 3.63) is 84.7 Å². The summed E-state index contributed by atoms with van der Waals surface area (Å²) in [6, 6.07) is 11.4. The topological polar surface area (TPSA) is 78.2 Å². The van der Waals surface area contributed by atoms with Crippen LogP contribution < -0.4 is 10.1 Å². The van der Waals surface area contributed by atoms with Crippen LogP contribution in [0.2, 0.25) is 0 Å². The molecular formula is C25H24N4O2. The lowest BCUT2D eigenvalue weighted by Crippen LogP contribution is -2.41. The predicted molar refractivity (Wildman–Crippen MR) is 119 cm³/mol. The number of nitriles is 1. The fraction of sp³-hybridized carbons (Fsp3) is 0.240. The molecule has 0 radical (unpaired) electrons. The third-order valence-electron chi connectivity index (χ3n) is 5.78. The van der Waals surface area contributed by atoms with Gasteiger partial charge in [-0.15, -0.1) is 0 Å². The Balaban J connectivity index is 1.44. The van der Waals surface area contributed by atoms with Gasteiger partial charge in [-0.2, -0.15) is 5.26 Å². The number of fused-ring (bicyclic) bond motifs is 1. The van der Waals surface area contributed by atoms with Crippen LogP contribution in [0.5, 0.6) is 11.5 Å². The second-order valence-electron chi connectivity index (χ2n) is 7.88. The number of para-hydroxylation sites is 1. The molecule has 156 valence electrons. The zero-order chi connectivity index (χ0) is 21.8. The molecule has 0 spiro atoms. The quantitative estimate of drug-likeness (QED) is 0.422. The average molecular weight is 412 g/mol. The van der Waals surface area contributed by atoms with E-state index >= 15 is 0 Å². The standard InChI is InChI=1S/C25H24N4O2/c1-3-19(22-11-12-27-14-23(22)31-21-7-5-4-6-8-21)10-9-18(2)24(30)28-25-13-20(25)15-29(16-25)17-26/h3-12,14,20H,2,13,15-16H2,1H3,(H,28,30)/b10-9-,19-3+/t20?,25-/m0/s1. The SMILES string of the molecule is C=C(/C=C\C(=C/C)c1ccncc1Oc1ccccc1)C(=O)N[C@]12CC1CN(C#N)C2. The number of rotatable bonds is 7. The van der Waals surface area contributed by atoms with Gasteiger partial charge in [0.25, 0.3) is 5.91 Å². The van der Waals surface area contributed by atoms with E-state index in [2.05, 4.69) is 23.1 Å². The maximum absolute atomic E-state index is 12.7. The van der Waals surface area contributed by atoms with Gasteiger partial charge >= 0.3 is 0 Å². The molecule has 0 bridgehead atoms. The number of aromatic nitrogens is 1. The maximum atomic E-state index is 12.7. The Morgan fingerprint density at radius 3 is 2.87 bits per heavy atom. The molecule has 2 atom stereocenters. The van der Waals surface area contributed by atoms with Crippen molar-refractivity contribution in [2.45, 2.75) is 18.9 Å². The molecule has 1 aromatic heterocycles. The summed E-state index contributed by atoms with van der Waals surface area (Å²) in [6.07, 6.45) is 12.0. The Bertz CT molecular complexity index is 1100. The summed E-state index contributed by atoms with van der Waals surface area (Å²) in [7, 11) is 0. The molecule has 1 N–H and O–H groups in total. The van der Waals surface area contributed by atoms with Crippen LogP contribution in [0.4, 0.5) is 0 Å². The van der Waals surface area contributed by atoms with Crippen LogP contribution in [-0.4, -0.2) is 34.4 Å². The van der Waals surface area contributed by atoms with Gasteiger partial charge in [-0.05, 0) is 43.2 Å². The van der Waals surface area contributed by atoms with E-state index in [0.29, 0.717) is 30.3 Å². The number of allylic oxidation sites excluding steroid dienone is 3. The number of carbonyl (C=O) groups excluding carboxylic acids is 1. The molecule has 2 heterocycles. The van der Waals surface area contributed by atoms with Crippen LogP contribution in [0.3, 0.4) is 0 Å². The average Bonchev–Trinajstić information content (AvgIpc) is 3.34. The van der Waals surface area contributed by atoms with Crippen LogP contribution in [0.15, 0.2) is 79.2 Å². The third kappa shape index (κ3) is 4.36. The Morgan fingerprint density at radius 2 is 2.16 bits per heavy atom. The van der Waals surface area contributed by atoms with Crippen LogP contribution >= 0.6 is 0 Å². The maximum Gasteiger partial charge on any atom is 0.251 e. The van der Waals surface area contributed by atoms with Crippen molar-refractivity contribution in [1.29, 1.82) is 5.26 Å². The minimum Gasteiger partial charge on any atom is -0.455 e. The number of hydrogen-bond donors (Lipinski definition) is 1. The zero-order valence-corrected chi connectivity index (χ0v) is 17.4. The van der Waals surface area contributed by atoms with Crippen molar-refractivity contribution in [3.8, 4) is 17.7 Å². The van der Waals surface area contributed by atoms with E-state index in [1.54, 1.807) is 23.4 Å². The number of ether oxygens (including phenoxy) is 1. The highest BCUT2D eigenvalue weighted by Crippen LogP contribution is 2.49. The first-order chi connectivity index (χ1) is 15.0. The summed E-state index contributed by atoms with van der Waals surface area (Å²) >= 11 is 0. The lowest BCUT2D eigenvalue weighted by molar-refractivity contribution is -0.118. The number of nitrogens with one attached hydrogen (secondary N) is 1. The molecular weight excluding hydrogens is 388 g/mol. The van der Waals surface area contributed by atoms with Crippen LogP contribution in [0, 0.1) is 17.4 Å². The Labute approximate surface area is 182 Å². The highest BCUT2D eigenvalue weighted by atomic mass is 16.5. The Hall–Kier alpha value is -3.85. The van der Waals surface area contributed by atoms with E-state index in [4.69, 9.17) is 10.00 Å². The van der Waals surface area contributed by atoms with Crippen molar-refractivity contribution in [2.75, 3.05) is 13.1 Å². The molecule has 1 unspecified atom stereocenters. The fourth-order valence-corrected chi connectivity index (χ4v) is 3.98. The minimum atomic E-state index is -0.269. The number of hydrogen-bond acceptors (Lipinski definition) is 5. The first kappa shape index (κ1) is 20.4. The summed E-state index contributed by atoms with van der Waals surface area (Å²) in [6.45, 7) is 7.15. The Morgan fingerprint density at radius 1 is 1.35 bits per heavy atom. The van der Waals surface area contributed by atoms with E-state index in [1.165, 1.54) is 0 Å². The van der Waals surface area contributed by atoms with Crippen molar-refractivity contribution in [1.82, 2.24) is 15.2 Å². The smallest absolute Gasteiger partial charge is 0.251 e. The van der Waals surface area contributed by atoms with E-state index in [9.17, 15) is 4.79 Å². The van der Waals surface area contributed by atoms with Gasteiger partial charge < -0.3 is 15.0 Å². The highest BCUT2D eigenvalue weighted by Gasteiger charge is 2.61. The van der Waals surface area contributed by atoms with Gasteiger partial charge in [-0.1, -0.05) is 36.9 Å². The molecule has 6 nitrogen and oxygen atoms in total. The number of amides is 1. The largest absolute Gasteiger partial charge is 0.455 e. The number of nitrogens with zero attached hydrogens (tertiary/aromatic N) is 3. The van der Waals surface area contributed by atoms with Gasteiger partial charge in [-0.25, -0.2) is 0 Å². The minimum absolute atomic E-state index is 0.204. The van der Waals surface area contributed by atoms with Gasteiger partial charge in [0.05, 0.1) is 18.3 Å². The lowest BCUT2D eigenvalue weighted by atomic mass is 10.0. The normalized spacial score (nSPS) is 22.0. The summed E-state index contributed by atoms with van der Waals surface area (Å²) < 4.78 is 6.00. The predicted octanol–water partition coefficient (Wildman–Crippen LogP) is 4.06. The molecule has 2 aromatic rings. The van der Waals surface area contributed by atoms with Gasteiger partial charge in [0.1, 0.15) is 5.75 Å². The number of carbonyl (C=O) groups is 1. The van der Waals surface area contributed by atoms with E-state index in [-0.39, 0.29) is 11.4 Å². The van der Waals surface area contributed by atoms with Crippen molar-refractivity contribution in [2.24, 2.45) is 5.92 Å². The molecule has 1 saturated carbocycles. The highest BCUT2D eigenvalue weighted by molar-refractivity contribution is 5.97. The fourth-order valence-electron chi connectivity index (χ4n) is 3.98. The van der Waals surface area contributed by atoms with Crippen LogP contribution in [0.25, 0.3) is 5.57 Å². The summed E-state index contributed by atoms with van der Waals surface area (Å²) in [5.41, 5.74) is 1.86. The molecule has 6 heteroatoms. The number of piperidine rings is 1. The van der Waals surface area contributed by atoms with Gasteiger partial charge in [0, 0.05) is 29.8 Å². The second kappa shape index (κ2) is 8.49. The number of pyridine rings is 1. The number of benzene rings is 1. The van der Waals surface area contributed by atoms with E-state index < -0.39 is 0 Å². The molecule has 2 aliphatic rings. The molecule has 1 amide bonds. The van der Waals surface area contributed by atoms with E-state index in [0.717, 1.165) is 23.3 Å². The van der Waals surface area contributed by atoms with Crippen molar-refractivity contribution in [3.63, 3.8) is 0 Å². The van der Waals surface area contributed by atoms with Crippen molar-refractivity contribution >= 4 is 11.5 Å². The monoisotopic (exact) mass is 412 g/mol.